The van der Waals surface area contributed by atoms with Crippen LogP contribution in [0.1, 0.15) is 26.2 Å². The number of anilines is 1. The van der Waals surface area contributed by atoms with E-state index in [9.17, 15) is 13.2 Å². The topological polar surface area (TPSA) is 72.5 Å². The standard InChI is InChI=1S/C15H21NO4S/c1-3-20-15(17)11-8-9-12(10-11)16-13-6-4-5-7-14(13)21(2,18)19/h4-7,11-12,16H,3,8-10H2,1-2H3/t11-,12+/m1/s1. The first-order valence-electron chi connectivity index (χ1n) is 7.14. The SMILES string of the molecule is CCOC(=O)[C@@H]1CC[C@H](Nc2ccccc2S(C)(=O)=O)C1. The second-order valence-electron chi connectivity index (χ2n) is 5.37. The van der Waals surface area contributed by atoms with Crippen LogP contribution in [-0.4, -0.2) is 33.3 Å². The Morgan fingerprint density at radius 3 is 2.71 bits per heavy atom. The number of carbonyl (C=O) groups excluding carboxylic acids is 1. The summed E-state index contributed by atoms with van der Waals surface area (Å²) in [5, 5.41) is 3.26. The predicted molar refractivity (Wildman–Crippen MR) is 80.9 cm³/mol. The maximum atomic E-state index is 11.8. The summed E-state index contributed by atoms with van der Waals surface area (Å²) in [7, 11) is -3.27. The highest BCUT2D eigenvalue weighted by Crippen LogP contribution is 2.31. The van der Waals surface area contributed by atoms with Crippen LogP contribution in [-0.2, 0) is 19.4 Å². The zero-order valence-electron chi connectivity index (χ0n) is 12.3. The van der Waals surface area contributed by atoms with Crippen LogP contribution in [0.5, 0.6) is 0 Å². The second kappa shape index (κ2) is 6.47. The third-order valence-corrected chi connectivity index (χ3v) is 4.85. The Hall–Kier alpha value is -1.56. The van der Waals surface area contributed by atoms with Crippen LogP contribution < -0.4 is 5.32 Å². The van der Waals surface area contributed by atoms with E-state index in [0.717, 1.165) is 12.8 Å². The molecule has 1 saturated carbocycles. The molecule has 0 unspecified atom stereocenters. The number of hydrogen-bond acceptors (Lipinski definition) is 5. The first-order valence-corrected chi connectivity index (χ1v) is 9.03. The van der Waals surface area contributed by atoms with Crippen molar-refractivity contribution in [3.05, 3.63) is 24.3 Å². The Morgan fingerprint density at radius 2 is 2.05 bits per heavy atom. The van der Waals surface area contributed by atoms with Gasteiger partial charge in [0.25, 0.3) is 0 Å². The molecule has 1 aromatic carbocycles. The minimum atomic E-state index is -3.27. The third-order valence-electron chi connectivity index (χ3n) is 3.70. The summed E-state index contributed by atoms with van der Waals surface area (Å²) in [6, 6.07) is 6.96. The van der Waals surface area contributed by atoms with Crippen LogP contribution >= 0.6 is 0 Å². The van der Waals surface area contributed by atoms with Crippen molar-refractivity contribution in [3.8, 4) is 0 Å². The molecule has 0 aliphatic heterocycles. The molecule has 2 atom stereocenters. The molecule has 0 amide bonds. The lowest BCUT2D eigenvalue weighted by Gasteiger charge is -2.16. The quantitative estimate of drug-likeness (QED) is 0.844. The predicted octanol–water partition coefficient (Wildman–Crippen LogP) is 2.23. The van der Waals surface area contributed by atoms with E-state index in [-0.39, 0.29) is 17.9 Å². The Morgan fingerprint density at radius 1 is 1.33 bits per heavy atom. The molecule has 116 valence electrons. The summed E-state index contributed by atoms with van der Waals surface area (Å²) < 4.78 is 28.6. The van der Waals surface area contributed by atoms with E-state index in [0.29, 0.717) is 23.6 Å². The molecule has 1 fully saturated rings. The zero-order valence-corrected chi connectivity index (χ0v) is 13.2. The summed E-state index contributed by atoms with van der Waals surface area (Å²) in [6.45, 7) is 2.19. The Balaban J connectivity index is 2.06. The lowest BCUT2D eigenvalue weighted by atomic mass is 10.1. The highest BCUT2D eigenvalue weighted by atomic mass is 32.2. The molecule has 0 heterocycles. The van der Waals surface area contributed by atoms with Gasteiger partial charge < -0.3 is 10.1 Å². The Bertz CT molecular complexity index is 612. The van der Waals surface area contributed by atoms with E-state index < -0.39 is 9.84 Å². The van der Waals surface area contributed by atoms with Crippen molar-refractivity contribution in [3.63, 3.8) is 0 Å². The molecule has 0 radical (unpaired) electrons. The van der Waals surface area contributed by atoms with Gasteiger partial charge in [-0.25, -0.2) is 8.42 Å². The molecule has 6 heteroatoms. The minimum absolute atomic E-state index is 0.0900. The number of sulfone groups is 1. The van der Waals surface area contributed by atoms with Crippen molar-refractivity contribution in [2.24, 2.45) is 5.92 Å². The van der Waals surface area contributed by atoms with E-state index in [1.165, 1.54) is 6.26 Å². The first-order chi connectivity index (χ1) is 9.91. The van der Waals surface area contributed by atoms with Crippen LogP contribution in [0.25, 0.3) is 0 Å². The molecule has 0 saturated heterocycles. The van der Waals surface area contributed by atoms with Gasteiger partial charge in [-0.2, -0.15) is 0 Å². The molecular weight excluding hydrogens is 290 g/mol. The Kier molecular flexibility index (Phi) is 4.88. The fraction of sp³-hybridized carbons (Fsp3) is 0.533. The first kappa shape index (κ1) is 15.8. The molecule has 0 aromatic heterocycles. The van der Waals surface area contributed by atoms with Gasteiger partial charge >= 0.3 is 5.97 Å². The van der Waals surface area contributed by atoms with E-state index in [2.05, 4.69) is 5.32 Å². The van der Waals surface area contributed by atoms with Gasteiger partial charge in [0.2, 0.25) is 0 Å². The number of carbonyl (C=O) groups is 1. The van der Waals surface area contributed by atoms with Gasteiger partial charge in [0.1, 0.15) is 0 Å². The highest BCUT2D eigenvalue weighted by Gasteiger charge is 2.31. The summed E-state index contributed by atoms with van der Waals surface area (Å²) >= 11 is 0. The van der Waals surface area contributed by atoms with E-state index >= 15 is 0 Å². The average Bonchev–Trinajstić information content (AvgIpc) is 2.87. The molecule has 1 aromatic rings. The lowest BCUT2D eigenvalue weighted by Crippen LogP contribution is -2.20. The summed E-state index contributed by atoms with van der Waals surface area (Å²) in [4.78, 5) is 12.0. The Labute approximate surface area is 125 Å². The van der Waals surface area contributed by atoms with E-state index in [1.54, 1.807) is 31.2 Å². The van der Waals surface area contributed by atoms with Crippen molar-refractivity contribution in [1.29, 1.82) is 0 Å². The molecule has 1 aliphatic rings. The van der Waals surface area contributed by atoms with Crippen molar-refractivity contribution in [2.75, 3.05) is 18.2 Å². The molecule has 2 rings (SSSR count). The van der Waals surface area contributed by atoms with Crippen LogP contribution in [0.15, 0.2) is 29.2 Å². The van der Waals surface area contributed by atoms with Gasteiger partial charge in [-0.15, -0.1) is 0 Å². The summed E-state index contributed by atoms with van der Waals surface area (Å²) in [6.07, 6.45) is 3.49. The van der Waals surface area contributed by atoms with E-state index in [1.807, 2.05) is 0 Å². The second-order valence-corrected chi connectivity index (χ2v) is 7.36. The molecule has 1 N–H and O–H groups in total. The molecular formula is C15H21NO4S. The summed E-state index contributed by atoms with van der Waals surface area (Å²) in [5.74, 6) is -0.244. The fourth-order valence-corrected chi connectivity index (χ4v) is 3.57. The molecule has 0 bridgehead atoms. The van der Waals surface area contributed by atoms with Gasteiger partial charge in [-0.05, 0) is 38.3 Å². The van der Waals surface area contributed by atoms with E-state index in [4.69, 9.17) is 4.74 Å². The molecule has 21 heavy (non-hydrogen) atoms. The largest absolute Gasteiger partial charge is 0.466 e. The molecule has 0 spiro atoms. The van der Waals surface area contributed by atoms with Gasteiger partial charge in [0.15, 0.2) is 9.84 Å². The summed E-state index contributed by atoms with van der Waals surface area (Å²) in [5.41, 5.74) is 0.606. The number of nitrogens with one attached hydrogen (secondary N) is 1. The van der Waals surface area contributed by atoms with Crippen LogP contribution in [0.3, 0.4) is 0 Å². The van der Waals surface area contributed by atoms with Gasteiger partial charge in [-0.3, -0.25) is 4.79 Å². The molecule has 1 aliphatic carbocycles. The monoisotopic (exact) mass is 311 g/mol. The van der Waals surface area contributed by atoms with Gasteiger partial charge in [-0.1, -0.05) is 12.1 Å². The number of hydrogen-bond donors (Lipinski definition) is 1. The van der Waals surface area contributed by atoms with Crippen molar-refractivity contribution in [2.45, 2.75) is 37.1 Å². The van der Waals surface area contributed by atoms with Crippen LogP contribution in [0, 0.1) is 5.92 Å². The van der Waals surface area contributed by atoms with Gasteiger partial charge in [0, 0.05) is 12.3 Å². The number of para-hydroxylation sites is 1. The maximum absolute atomic E-state index is 11.8. The van der Waals surface area contributed by atoms with Crippen LogP contribution in [0.2, 0.25) is 0 Å². The number of ether oxygens (including phenoxy) is 1. The average molecular weight is 311 g/mol. The third kappa shape index (κ3) is 3.97. The van der Waals surface area contributed by atoms with Crippen LogP contribution in [0.4, 0.5) is 5.69 Å². The maximum Gasteiger partial charge on any atom is 0.308 e. The normalized spacial score (nSPS) is 22.0. The van der Waals surface area contributed by atoms with Crippen molar-refractivity contribution in [1.82, 2.24) is 0 Å². The lowest BCUT2D eigenvalue weighted by molar-refractivity contribution is -0.147. The minimum Gasteiger partial charge on any atom is -0.466 e. The van der Waals surface area contributed by atoms with Crippen molar-refractivity contribution >= 4 is 21.5 Å². The number of esters is 1. The van der Waals surface area contributed by atoms with Gasteiger partial charge in [0.05, 0.1) is 23.1 Å². The zero-order chi connectivity index (χ0) is 15.5. The number of rotatable bonds is 5. The fourth-order valence-electron chi connectivity index (χ4n) is 2.72. The molecule has 5 nitrogen and oxygen atoms in total. The smallest absolute Gasteiger partial charge is 0.308 e. The van der Waals surface area contributed by atoms with Crippen molar-refractivity contribution < 1.29 is 17.9 Å². The number of benzene rings is 1. The highest BCUT2D eigenvalue weighted by molar-refractivity contribution is 7.90.